The van der Waals surface area contributed by atoms with Crippen molar-refractivity contribution in [2.75, 3.05) is 20.6 Å². The first-order chi connectivity index (χ1) is 5.48. The SMILES string of the molecule is CN(C)CC12CC(C(=O)O)(C1)C2. The molecular formula is C9H15NO2. The highest BCUT2D eigenvalue weighted by atomic mass is 16.4. The molecule has 0 spiro atoms. The second-order valence-electron chi connectivity index (χ2n) is 4.85. The molecule has 0 aromatic carbocycles. The van der Waals surface area contributed by atoms with Crippen LogP contribution in [0, 0.1) is 10.8 Å². The Kier molecular flexibility index (Phi) is 1.35. The number of carbonyl (C=O) groups is 1. The lowest BCUT2D eigenvalue weighted by Crippen LogP contribution is -2.68. The van der Waals surface area contributed by atoms with Gasteiger partial charge in [0.1, 0.15) is 0 Å². The smallest absolute Gasteiger partial charge is 0.309 e. The zero-order valence-corrected chi connectivity index (χ0v) is 7.63. The van der Waals surface area contributed by atoms with Crippen LogP contribution in [0.3, 0.4) is 0 Å². The van der Waals surface area contributed by atoms with Gasteiger partial charge in [-0.2, -0.15) is 0 Å². The first-order valence-electron chi connectivity index (χ1n) is 4.36. The number of rotatable bonds is 3. The van der Waals surface area contributed by atoms with Crippen molar-refractivity contribution in [1.29, 1.82) is 0 Å². The Labute approximate surface area is 72.4 Å². The van der Waals surface area contributed by atoms with E-state index >= 15 is 0 Å². The van der Waals surface area contributed by atoms with E-state index in [1.807, 2.05) is 14.1 Å². The molecule has 0 aliphatic heterocycles. The molecule has 3 fully saturated rings. The third-order valence-electron chi connectivity index (χ3n) is 3.25. The summed E-state index contributed by atoms with van der Waals surface area (Å²) in [4.78, 5) is 12.9. The van der Waals surface area contributed by atoms with E-state index in [2.05, 4.69) is 4.90 Å². The van der Waals surface area contributed by atoms with E-state index in [0.717, 1.165) is 25.8 Å². The second-order valence-corrected chi connectivity index (χ2v) is 4.85. The third kappa shape index (κ3) is 0.829. The van der Waals surface area contributed by atoms with Crippen molar-refractivity contribution in [3.05, 3.63) is 0 Å². The topological polar surface area (TPSA) is 40.5 Å². The van der Waals surface area contributed by atoms with Crippen LogP contribution in [0.4, 0.5) is 0 Å². The van der Waals surface area contributed by atoms with Gasteiger partial charge in [0.25, 0.3) is 0 Å². The molecule has 3 aliphatic rings. The molecule has 0 saturated heterocycles. The maximum atomic E-state index is 10.8. The van der Waals surface area contributed by atoms with E-state index in [-0.39, 0.29) is 5.41 Å². The van der Waals surface area contributed by atoms with E-state index in [1.165, 1.54) is 0 Å². The van der Waals surface area contributed by atoms with Gasteiger partial charge in [-0.05, 0) is 38.8 Å². The van der Waals surface area contributed by atoms with E-state index < -0.39 is 5.97 Å². The van der Waals surface area contributed by atoms with Gasteiger partial charge in [-0.1, -0.05) is 0 Å². The van der Waals surface area contributed by atoms with Crippen LogP contribution >= 0.6 is 0 Å². The van der Waals surface area contributed by atoms with Crippen molar-refractivity contribution in [2.24, 2.45) is 10.8 Å². The van der Waals surface area contributed by atoms with Crippen LogP contribution in [0.15, 0.2) is 0 Å². The van der Waals surface area contributed by atoms with Crippen LogP contribution in [0.5, 0.6) is 0 Å². The van der Waals surface area contributed by atoms with Crippen LogP contribution in [-0.4, -0.2) is 36.6 Å². The van der Waals surface area contributed by atoms with Crippen molar-refractivity contribution < 1.29 is 9.90 Å². The van der Waals surface area contributed by atoms with Crippen LogP contribution in [0.25, 0.3) is 0 Å². The summed E-state index contributed by atoms with van der Waals surface area (Å²) >= 11 is 0. The van der Waals surface area contributed by atoms with Crippen molar-refractivity contribution in [2.45, 2.75) is 19.3 Å². The van der Waals surface area contributed by atoms with Gasteiger partial charge in [0.2, 0.25) is 0 Å². The average molecular weight is 169 g/mol. The Morgan fingerprint density at radius 1 is 1.42 bits per heavy atom. The molecule has 0 radical (unpaired) electrons. The summed E-state index contributed by atoms with van der Waals surface area (Å²) in [6, 6.07) is 0. The Morgan fingerprint density at radius 3 is 2.25 bits per heavy atom. The number of hydrogen-bond donors (Lipinski definition) is 1. The molecule has 0 heterocycles. The van der Waals surface area contributed by atoms with E-state index in [9.17, 15) is 4.79 Å². The quantitative estimate of drug-likeness (QED) is 0.679. The molecule has 0 aromatic rings. The van der Waals surface area contributed by atoms with Crippen molar-refractivity contribution in [1.82, 2.24) is 4.90 Å². The minimum Gasteiger partial charge on any atom is -0.481 e. The molecule has 3 saturated carbocycles. The summed E-state index contributed by atoms with van der Waals surface area (Å²) in [5.41, 5.74) is 0.0813. The first-order valence-corrected chi connectivity index (χ1v) is 4.36. The highest BCUT2D eigenvalue weighted by Crippen LogP contribution is 2.73. The molecule has 3 rings (SSSR count). The molecule has 0 aromatic heterocycles. The summed E-state index contributed by atoms with van der Waals surface area (Å²) in [7, 11) is 4.10. The van der Waals surface area contributed by atoms with Crippen molar-refractivity contribution >= 4 is 5.97 Å². The molecule has 3 nitrogen and oxygen atoms in total. The van der Waals surface area contributed by atoms with E-state index in [4.69, 9.17) is 5.11 Å². The van der Waals surface area contributed by atoms with Gasteiger partial charge >= 0.3 is 5.97 Å². The average Bonchev–Trinajstić information content (AvgIpc) is 1.72. The van der Waals surface area contributed by atoms with Crippen LogP contribution in [-0.2, 0) is 4.79 Å². The van der Waals surface area contributed by atoms with Gasteiger partial charge in [-0.15, -0.1) is 0 Å². The van der Waals surface area contributed by atoms with E-state index in [0.29, 0.717) is 5.41 Å². The summed E-state index contributed by atoms with van der Waals surface area (Å²) in [5.74, 6) is -0.580. The largest absolute Gasteiger partial charge is 0.481 e. The fourth-order valence-electron chi connectivity index (χ4n) is 3.06. The van der Waals surface area contributed by atoms with Gasteiger partial charge < -0.3 is 10.0 Å². The summed E-state index contributed by atoms with van der Waals surface area (Å²) in [5, 5.41) is 8.87. The third-order valence-corrected chi connectivity index (χ3v) is 3.25. The fraction of sp³-hybridized carbons (Fsp3) is 0.889. The van der Waals surface area contributed by atoms with Gasteiger partial charge in [0.15, 0.2) is 0 Å². The monoisotopic (exact) mass is 169 g/mol. The van der Waals surface area contributed by atoms with Gasteiger partial charge in [0, 0.05) is 6.54 Å². The molecular weight excluding hydrogens is 154 g/mol. The molecule has 3 aliphatic carbocycles. The number of aliphatic carboxylic acids is 1. The Bertz CT molecular complexity index is 215. The van der Waals surface area contributed by atoms with Crippen LogP contribution in [0.2, 0.25) is 0 Å². The van der Waals surface area contributed by atoms with Crippen molar-refractivity contribution in [3.8, 4) is 0 Å². The maximum absolute atomic E-state index is 10.8. The molecule has 68 valence electrons. The van der Waals surface area contributed by atoms with Gasteiger partial charge in [-0.25, -0.2) is 0 Å². The number of hydrogen-bond acceptors (Lipinski definition) is 2. The van der Waals surface area contributed by atoms with Gasteiger partial charge in [-0.3, -0.25) is 4.79 Å². The minimum atomic E-state index is -0.580. The zero-order chi connectivity index (χ0) is 8.98. The standard InChI is InChI=1S/C9H15NO2/c1-10(2)6-8-3-9(4-8,5-8)7(11)12/h3-6H2,1-2H3,(H,11,12). The molecule has 2 bridgehead atoms. The Balaban J connectivity index is 1.91. The first kappa shape index (κ1) is 8.05. The molecule has 1 N–H and O–H groups in total. The molecule has 3 heteroatoms. The predicted octanol–water partition coefficient (Wildman–Crippen LogP) is 0.803. The summed E-state index contributed by atoms with van der Waals surface area (Å²) in [6.07, 6.45) is 2.73. The number of carboxylic acid groups (broad SMARTS) is 1. The van der Waals surface area contributed by atoms with Crippen molar-refractivity contribution in [3.63, 3.8) is 0 Å². The molecule has 0 amide bonds. The fourth-order valence-corrected chi connectivity index (χ4v) is 3.06. The normalized spacial score (nSPS) is 43.6. The van der Waals surface area contributed by atoms with E-state index in [1.54, 1.807) is 0 Å². The Morgan fingerprint density at radius 2 is 1.92 bits per heavy atom. The highest BCUT2D eigenvalue weighted by Gasteiger charge is 2.71. The minimum absolute atomic E-state index is 0.296. The summed E-state index contributed by atoms with van der Waals surface area (Å²) < 4.78 is 0. The van der Waals surface area contributed by atoms with Crippen LogP contribution < -0.4 is 0 Å². The summed E-state index contributed by atoms with van der Waals surface area (Å²) in [6.45, 7) is 1.06. The zero-order valence-electron chi connectivity index (χ0n) is 7.63. The molecule has 0 unspecified atom stereocenters. The van der Waals surface area contributed by atoms with Gasteiger partial charge in [0.05, 0.1) is 5.41 Å². The lowest BCUT2D eigenvalue weighted by molar-refractivity contribution is -0.226. The molecule has 12 heavy (non-hydrogen) atoms. The lowest BCUT2D eigenvalue weighted by Gasteiger charge is -2.69. The second kappa shape index (κ2) is 2.02. The lowest BCUT2D eigenvalue weighted by atomic mass is 9.35. The highest BCUT2D eigenvalue weighted by molar-refractivity contribution is 5.79. The maximum Gasteiger partial charge on any atom is 0.309 e. The van der Waals surface area contributed by atoms with Crippen LogP contribution in [0.1, 0.15) is 19.3 Å². The number of nitrogens with zero attached hydrogens (tertiary/aromatic N) is 1. The predicted molar refractivity (Wildman–Crippen MR) is 44.9 cm³/mol. The Hall–Kier alpha value is -0.570. The molecule has 0 atom stereocenters. The number of carboxylic acids is 1.